The number of nitrogens with zero attached hydrogens (tertiary/aromatic N) is 1. The van der Waals surface area contributed by atoms with E-state index in [9.17, 15) is 4.79 Å². The normalized spacial score (nSPS) is 16.3. The SMILES string of the molecule is COc1cc(C(=O)C2CSC(c3ccccc3)=N2)cc(OC)c1OC. The van der Waals surface area contributed by atoms with Crippen LogP contribution in [-0.2, 0) is 0 Å². The molecule has 25 heavy (non-hydrogen) atoms. The van der Waals surface area contributed by atoms with E-state index in [0.29, 0.717) is 28.6 Å². The number of ether oxygens (including phenoxy) is 3. The zero-order valence-corrected chi connectivity index (χ0v) is 15.1. The number of methoxy groups -OCH3 is 3. The molecule has 1 heterocycles. The van der Waals surface area contributed by atoms with Crippen molar-refractivity contribution in [1.82, 2.24) is 0 Å². The maximum Gasteiger partial charge on any atom is 0.203 e. The van der Waals surface area contributed by atoms with E-state index in [1.165, 1.54) is 21.3 Å². The number of ketones is 1. The smallest absolute Gasteiger partial charge is 0.203 e. The number of hydrogen-bond donors (Lipinski definition) is 0. The zero-order chi connectivity index (χ0) is 17.8. The summed E-state index contributed by atoms with van der Waals surface area (Å²) in [6, 6.07) is 12.8. The Labute approximate surface area is 151 Å². The molecule has 1 aliphatic rings. The lowest BCUT2D eigenvalue weighted by Gasteiger charge is -2.14. The summed E-state index contributed by atoms with van der Waals surface area (Å²) in [5.41, 5.74) is 1.53. The number of carbonyl (C=O) groups excluding carboxylic acids is 1. The highest BCUT2D eigenvalue weighted by atomic mass is 32.2. The van der Waals surface area contributed by atoms with Gasteiger partial charge < -0.3 is 14.2 Å². The number of thioether (sulfide) groups is 1. The van der Waals surface area contributed by atoms with Crippen molar-refractivity contribution >= 4 is 22.6 Å². The van der Waals surface area contributed by atoms with Crippen molar-refractivity contribution in [3.05, 3.63) is 53.6 Å². The van der Waals surface area contributed by atoms with Gasteiger partial charge in [0.25, 0.3) is 0 Å². The fourth-order valence-electron chi connectivity index (χ4n) is 2.66. The molecule has 0 aromatic heterocycles. The molecule has 0 spiro atoms. The second-order valence-corrected chi connectivity index (χ2v) is 6.41. The Morgan fingerprint density at radius 2 is 1.68 bits per heavy atom. The maximum absolute atomic E-state index is 12.9. The van der Waals surface area contributed by atoms with Crippen LogP contribution in [0.3, 0.4) is 0 Å². The summed E-state index contributed by atoms with van der Waals surface area (Å²) in [5.74, 6) is 1.96. The van der Waals surface area contributed by atoms with Gasteiger partial charge in [-0.25, -0.2) is 0 Å². The molecule has 2 aromatic rings. The number of aliphatic imine (C=N–C) groups is 1. The van der Waals surface area contributed by atoms with E-state index < -0.39 is 6.04 Å². The highest BCUT2D eigenvalue weighted by Crippen LogP contribution is 2.39. The minimum Gasteiger partial charge on any atom is -0.493 e. The van der Waals surface area contributed by atoms with Crippen LogP contribution >= 0.6 is 11.8 Å². The average Bonchev–Trinajstić information content (AvgIpc) is 3.17. The van der Waals surface area contributed by atoms with Gasteiger partial charge in [0, 0.05) is 16.9 Å². The van der Waals surface area contributed by atoms with Crippen molar-refractivity contribution in [3.63, 3.8) is 0 Å². The molecule has 5 nitrogen and oxygen atoms in total. The van der Waals surface area contributed by atoms with Gasteiger partial charge in [-0.3, -0.25) is 9.79 Å². The molecule has 0 fully saturated rings. The molecule has 1 unspecified atom stereocenters. The molecule has 0 aliphatic carbocycles. The van der Waals surface area contributed by atoms with Crippen LogP contribution in [0.25, 0.3) is 0 Å². The molecule has 0 saturated carbocycles. The van der Waals surface area contributed by atoms with E-state index in [-0.39, 0.29) is 5.78 Å². The largest absolute Gasteiger partial charge is 0.493 e. The first-order chi connectivity index (χ1) is 12.2. The average molecular weight is 357 g/mol. The molecular weight excluding hydrogens is 338 g/mol. The van der Waals surface area contributed by atoms with Gasteiger partial charge in [-0.05, 0) is 12.1 Å². The number of benzene rings is 2. The summed E-state index contributed by atoms with van der Waals surface area (Å²) in [4.78, 5) is 17.5. The van der Waals surface area contributed by atoms with Crippen molar-refractivity contribution in [3.8, 4) is 17.2 Å². The van der Waals surface area contributed by atoms with Gasteiger partial charge in [-0.2, -0.15) is 0 Å². The van der Waals surface area contributed by atoms with Crippen LogP contribution in [0.2, 0.25) is 0 Å². The van der Waals surface area contributed by atoms with Crippen molar-refractivity contribution in [2.24, 2.45) is 4.99 Å². The molecule has 1 atom stereocenters. The van der Waals surface area contributed by atoms with Crippen molar-refractivity contribution < 1.29 is 19.0 Å². The summed E-state index contributed by atoms with van der Waals surface area (Å²) in [6.45, 7) is 0. The summed E-state index contributed by atoms with van der Waals surface area (Å²) >= 11 is 1.60. The molecule has 130 valence electrons. The third-order valence-electron chi connectivity index (χ3n) is 3.92. The van der Waals surface area contributed by atoms with Crippen molar-refractivity contribution in [1.29, 1.82) is 0 Å². The molecule has 6 heteroatoms. The molecule has 3 rings (SSSR count). The minimum absolute atomic E-state index is 0.0577. The van der Waals surface area contributed by atoms with E-state index in [2.05, 4.69) is 4.99 Å². The number of carbonyl (C=O) groups is 1. The fourth-order valence-corrected chi connectivity index (χ4v) is 3.71. The van der Waals surface area contributed by atoms with Gasteiger partial charge in [0.1, 0.15) is 6.04 Å². The van der Waals surface area contributed by atoms with Gasteiger partial charge in [-0.1, -0.05) is 30.3 Å². The summed E-state index contributed by atoms with van der Waals surface area (Å²) in [5, 5.41) is 0.895. The lowest BCUT2D eigenvalue weighted by atomic mass is 10.0. The quantitative estimate of drug-likeness (QED) is 0.741. The third-order valence-corrected chi connectivity index (χ3v) is 5.02. The van der Waals surface area contributed by atoms with Crippen LogP contribution in [0, 0.1) is 0 Å². The van der Waals surface area contributed by atoms with E-state index in [4.69, 9.17) is 14.2 Å². The van der Waals surface area contributed by atoms with E-state index in [1.54, 1.807) is 23.9 Å². The molecule has 2 aromatic carbocycles. The van der Waals surface area contributed by atoms with Crippen molar-refractivity contribution in [2.45, 2.75) is 6.04 Å². The Kier molecular flexibility index (Phi) is 5.28. The summed E-state index contributed by atoms with van der Waals surface area (Å²) < 4.78 is 15.9. The molecule has 0 N–H and O–H groups in total. The topological polar surface area (TPSA) is 57.1 Å². The predicted molar refractivity (Wildman–Crippen MR) is 99.7 cm³/mol. The Hall–Kier alpha value is -2.47. The molecule has 1 aliphatic heterocycles. The highest BCUT2D eigenvalue weighted by Gasteiger charge is 2.28. The monoisotopic (exact) mass is 357 g/mol. The Morgan fingerprint density at radius 3 is 2.24 bits per heavy atom. The van der Waals surface area contributed by atoms with Crippen LogP contribution in [0.5, 0.6) is 17.2 Å². The molecule has 0 bridgehead atoms. The van der Waals surface area contributed by atoms with E-state index in [1.807, 2.05) is 30.3 Å². The van der Waals surface area contributed by atoms with Gasteiger partial charge in [0.15, 0.2) is 17.3 Å². The second kappa shape index (κ2) is 7.61. The lowest BCUT2D eigenvalue weighted by Crippen LogP contribution is -2.19. The summed E-state index contributed by atoms with van der Waals surface area (Å²) in [6.07, 6.45) is 0. The van der Waals surface area contributed by atoms with Gasteiger partial charge in [0.2, 0.25) is 5.75 Å². The number of hydrogen-bond acceptors (Lipinski definition) is 6. The highest BCUT2D eigenvalue weighted by molar-refractivity contribution is 8.14. The standard InChI is InChI=1S/C19H19NO4S/c1-22-15-9-13(10-16(23-2)18(15)24-3)17(21)14-11-25-19(20-14)12-7-5-4-6-8-12/h4-10,14H,11H2,1-3H3. The first-order valence-corrected chi connectivity index (χ1v) is 8.76. The Bertz CT molecular complexity index is 779. The minimum atomic E-state index is -0.414. The maximum atomic E-state index is 12.9. The van der Waals surface area contributed by atoms with Crippen LogP contribution < -0.4 is 14.2 Å². The zero-order valence-electron chi connectivity index (χ0n) is 14.3. The predicted octanol–water partition coefficient (Wildman–Crippen LogP) is 3.46. The van der Waals surface area contributed by atoms with Crippen LogP contribution in [0.1, 0.15) is 15.9 Å². The van der Waals surface area contributed by atoms with Gasteiger partial charge >= 0.3 is 0 Å². The Balaban J connectivity index is 1.90. The lowest BCUT2D eigenvalue weighted by molar-refractivity contribution is 0.0971. The fraction of sp³-hybridized carbons (Fsp3) is 0.263. The second-order valence-electron chi connectivity index (χ2n) is 5.41. The number of rotatable bonds is 6. The van der Waals surface area contributed by atoms with Crippen LogP contribution in [0.4, 0.5) is 0 Å². The van der Waals surface area contributed by atoms with E-state index in [0.717, 1.165) is 10.6 Å². The molecule has 0 amide bonds. The van der Waals surface area contributed by atoms with Crippen molar-refractivity contribution in [2.75, 3.05) is 27.1 Å². The van der Waals surface area contributed by atoms with Gasteiger partial charge in [0.05, 0.1) is 26.4 Å². The third kappa shape index (κ3) is 3.49. The molecule has 0 radical (unpaired) electrons. The molecule has 0 saturated heterocycles. The summed E-state index contributed by atoms with van der Waals surface area (Å²) in [7, 11) is 4.59. The molecular formula is C19H19NO4S. The number of Topliss-reactive ketones (excluding diaryl/α,β-unsaturated/α-hetero) is 1. The first kappa shape index (κ1) is 17.4. The van der Waals surface area contributed by atoms with Crippen LogP contribution in [0.15, 0.2) is 47.5 Å². The first-order valence-electron chi connectivity index (χ1n) is 7.78. The van der Waals surface area contributed by atoms with E-state index >= 15 is 0 Å². The Morgan fingerprint density at radius 1 is 1.04 bits per heavy atom. The van der Waals surface area contributed by atoms with Gasteiger partial charge in [-0.15, -0.1) is 11.8 Å². The van der Waals surface area contributed by atoms with Crippen LogP contribution in [-0.4, -0.2) is 44.0 Å².